The zero-order chi connectivity index (χ0) is 14.5. The largest absolute Gasteiger partial charge is 0.508 e. The molecule has 1 unspecified atom stereocenters. The van der Waals surface area contributed by atoms with E-state index in [1.807, 2.05) is 11.9 Å². The van der Waals surface area contributed by atoms with E-state index < -0.39 is 12.0 Å². The molecule has 2 N–H and O–H groups in total. The van der Waals surface area contributed by atoms with Gasteiger partial charge in [-0.2, -0.15) is 0 Å². The maximum absolute atomic E-state index is 11.5. The Bertz CT molecular complexity index is 457. The summed E-state index contributed by atoms with van der Waals surface area (Å²) in [5.41, 5.74) is 0.604. The van der Waals surface area contributed by atoms with Gasteiger partial charge in [0.2, 0.25) is 0 Å². The second kappa shape index (κ2) is 6.72. The van der Waals surface area contributed by atoms with E-state index in [-0.39, 0.29) is 5.75 Å². The molecule has 20 heavy (non-hydrogen) atoms. The van der Waals surface area contributed by atoms with Crippen LogP contribution in [0.5, 0.6) is 5.75 Å². The lowest BCUT2D eigenvalue weighted by Gasteiger charge is -2.31. The lowest BCUT2D eigenvalue weighted by Crippen LogP contribution is -2.36. The molecule has 1 aliphatic heterocycles. The number of benzene rings is 1. The molecule has 0 amide bonds. The van der Waals surface area contributed by atoms with Crippen molar-refractivity contribution in [2.45, 2.75) is 18.9 Å². The third-order valence-electron chi connectivity index (χ3n) is 3.75. The Morgan fingerprint density at radius 1 is 1.45 bits per heavy atom. The zero-order valence-corrected chi connectivity index (χ0v) is 11.7. The van der Waals surface area contributed by atoms with Crippen molar-refractivity contribution in [3.8, 4) is 5.75 Å². The van der Waals surface area contributed by atoms with Crippen molar-refractivity contribution in [1.29, 1.82) is 0 Å². The molecule has 1 atom stereocenters. The second-order valence-corrected chi connectivity index (χ2v) is 5.33. The number of phenolic OH excluding ortho intramolecular Hbond substituents is 1. The van der Waals surface area contributed by atoms with Crippen LogP contribution >= 0.6 is 0 Å². The summed E-state index contributed by atoms with van der Waals surface area (Å²) in [6.45, 7) is 2.22. The van der Waals surface area contributed by atoms with Gasteiger partial charge in [-0.25, -0.2) is 0 Å². The van der Waals surface area contributed by atoms with Crippen LogP contribution in [0.25, 0.3) is 0 Å². The number of carbonyl (C=O) groups is 1. The van der Waals surface area contributed by atoms with E-state index in [1.165, 1.54) is 6.07 Å². The van der Waals surface area contributed by atoms with Crippen LogP contribution in [-0.2, 0) is 9.53 Å². The van der Waals surface area contributed by atoms with E-state index in [4.69, 9.17) is 4.74 Å². The molecular formula is C15H21NO4. The molecule has 0 aromatic heterocycles. The third-order valence-corrected chi connectivity index (χ3v) is 3.75. The van der Waals surface area contributed by atoms with Gasteiger partial charge in [0.15, 0.2) is 0 Å². The minimum Gasteiger partial charge on any atom is -0.508 e. The lowest BCUT2D eigenvalue weighted by molar-refractivity contribution is -0.143. The number of phenols is 1. The molecule has 0 saturated carbocycles. The van der Waals surface area contributed by atoms with Gasteiger partial charge in [0, 0.05) is 19.8 Å². The Balaban J connectivity index is 2.09. The van der Waals surface area contributed by atoms with Crippen molar-refractivity contribution in [3.63, 3.8) is 0 Å². The average molecular weight is 279 g/mol. The quantitative estimate of drug-likeness (QED) is 0.861. The van der Waals surface area contributed by atoms with E-state index in [0.29, 0.717) is 11.5 Å². The van der Waals surface area contributed by atoms with E-state index >= 15 is 0 Å². The molecule has 0 bridgehead atoms. The maximum atomic E-state index is 11.5. The summed E-state index contributed by atoms with van der Waals surface area (Å²) in [7, 11) is 1.82. The average Bonchev–Trinajstić information content (AvgIpc) is 2.39. The summed E-state index contributed by atoms with van der Waals surface area (Å²) in [6.07, 6.45) is 1.94. The highest BCUT2D eigenvalue weighted by molar-refractivity contribution is 5.75. The first-order valence-corrected chi connectivity index (χ1v) is 6.87. The smallest absolute Gasteiger partial charge is 0.325 e. The van der Waals surface area contributed by atoms with Crippen molar-refractivity contribution < 1.29 is 19.7 Å². The number of aromatic hydroxyl groups is 1. The lowest BCUT2D eigenvalue weighted by atomic mass is 9.97. The van der Waals surface area contributed by atoms with Gasteiger partial charge in [0.05, 0.1) is 0 Å². The number of hydrogen-bond donors (Lipinski definition) is 2. The fourth-order valence-electron chi connectivity index (χ4n) is 2.72. The number of hydrogen-bond acceptors (Lipinski definition) is 4. The molecule has 1 aliphatic rings. The van der Waals surface area contributed by atoms with Gasteiger partial charge >= 0.3 is 5.97 Å². The summed E-state index contributed by atoms with van der Waals surface area (Å²) in [4.78, 5) is 13.4. The summed E-state index contributed by atoms with van der Waals surface area (Å²) in [5, 5.41) is 19.0. The first-order valence-electron chi connectivity index (χ1n) is 6.87. The molecule has 1 heterocycles. The van der Waals surface area contributed by atoms with Gasteiger partial charge < -0.3 is 14.9 Å². The van der Waals surface area contributed by atoms with Crippen molar-refractivity contribution in [3.05, 3.63) is 29.8 Å². The van der Waals surface area contributed by atoms with Crippen LogP contribution in [0.2, 0.25) is 0 Å². The van der Waals surface area contributed by atoms with Crippen LogP contribution < -0.4 is 0 Å². The zero-order valence-electron chi connectivity index (χ0n) is 11.7. The molecule has 1 saturated heterocycles. The number of nitrogens with zero attached hydrogens (tertiary/aromatic N) is 1. The van der Waals surface area contributed by atoms with Gasteiger partial charge in [-0.05, 0) is 43.5 Å². The van der Waals surface area contributed by atoms with Crippen LogP contribution in [0.4, 0.5) is 0 Å². The van der Waals surface area contributed by atoms with Gasteiger partial charge in [-0.15, -0.1) is 0 Å². The van der Waals surface area contributed by atoms with Gasteiger partial charge in [-0.3, -0.25) is 9.69 Å². The number of aliphatic carboxylic acids is 1. The van der Waals surface area contributed by atoms with Gasteiger partial charge in [0.1, 0.15) is 11.8 Å². The number of carboxylic acid groups (broad SMARTS) is 1. The number of carboxylic acids is 1. The molecule has 0 spiro atoms. The monoisotopic (exact) mass is 279 g/mol. The minimum atomic E-state index is -0.898. The summed E-state index contributed by atoms with van der Waals surface area (Å²) in [6, 6.07) is 5.73. The third kappa shape index (κ3) is 3.71. The van der Waals surface area contributed by atoms with Crippen molar-refractivity contribution >= 4 is 5.97 Å². The van der Waals surface area contributed by atoms with Crippen LogP contribution in [0.3, 0.4) is 0 Å². The first-order chi connectivity index (χ1) is 9.58. The Morgan fingerprint density at radius 2 is 2.15 bits per heavy atom. The fourth-order valence-corrected chi connectivity index (χ4v) is 2.72. The van der Waals surface area contributed by atoms with E-state index in [2.05, 4.69) is 0 Å². The summed E-state index contributed by atoms with van der Waals surface area (Å²) in [5.74, 6) is -0.341. The van der Waals surface area contributed by atoms with Crippen LogP contribution in [0.15, 0.2) is 24.3 Å². The molecule has 5 nitrogen and oxygen atoms in total. The van der Waals surface area contributed by atoms with Crippen LogP contribution in [0.1, 0.15) is 24.4 Å². The molecular weight excluding hydrogens is 258 g/mol. The topological polar surface area (TPSA) is 70.0 Å². The predicted octanol–water partition coefficient (Wildman–Crippen LogP) is 1.88. The number of ether oxygens (including phenoxy) is 1. The van der Waals surface area contributed by atoms with Gasteiger partial charge in [-0.1, -0.05) is 12.1 Å². The van der Waals surface area contributed by atoms with Crippen LogP contribution in [0, 0.1) is 5.92 Å². The highest BCUT2D eigenvalue weighted by Gasteiger charge is 2.27. The normalized spacial score (nSPS) is 18.1. The first kappa shape index (κ1) is 14.8. The molecule has 1 aromatic carbocycles. The van der Waals surface area contributed by atoms with Crippen molar-refractivity contribution in [1.82, 2.24) is 4.90 Å². The predicted molar refractivity (Wildman–Crippen MR) is 74.7 cm³/mol. The van der Waals surface area contributed by atoms with E-state index in [1.54, 1.807) is 18.2 Å². The maximum Gasteiger partial charge on any atom is 0.325 e. The van der Waals surface area contributed by atoms with E-state index in [0.717, 1.165) is 32.6 Å². The molecule has 110 valence electrons. The molecule has 0 radical (unpaired) electrons. The SMILES string of the molecule is CN(CC1CCOCC1)C(C(=O)O)c1cccc(O)c1. The summed E-state index contributed by atoms with van der Waals surface area (Å²) < 4.78 is 5.32. The molecule has 0 aliphatic carbocycles. The summed E-state index contributed by atoms with van der Waals surface area (Å²) >= 11 is 0. The van der Waals surface area contributed by atoms with Crippen molar-refractivity contribution in [2.75, 3.05) is 26.8 Å². The molecule has 1 fully saturated rings. The minimum absolute atomic E-state index is 0.0909. The molecule has 1 aromatic rings. The molecule has 2 rings (SSSR count). The highest BCUT2D eigenvalue weighted by Crippen LogP contribution is 2.25. The van der Waals surface area contributed by atoms with E-state index in [9.17, 15) is 15.0 Å². The second-order valence-electron chi connectivity index (χ2n) is 5.33. The van der Waals surface area contributed by atoms with Gasteiger partial charge in [0.25, 0.3) is 0 Å². The highest BCUT2D eigenvalue weighted by atomic mass is 16.5. The Labute approximate surface area is 118 Å². The molecule has 5 heteroatoms. The van der Waals surface area contributed by atoms with Crippen molar-refractivity contribution in [2.24, 2.45) is 5.92 Å². The Kier molecular flexibility index (Phi) is 4.98. The standard InChI is InChI=1S/C15H21NO4/c1-16(10-11-5-7-20-8-6-11)14(15(18)19)12-3-2-4-13(17)9-12/h2-4,9,11,14,17H,5-8,10H2,1H3,(H,18,19). The Hall–Kier alpha value is -1.59. The Morgan fingerprint density at radius 3 is 2.75 bits per heavy atom. The number of likely N-dealkylation sites (N-methyl/N-ethyl adjacent to an activating group) is 1. The van der Waals surface area contributed by atoms with Crippen LogP contribution in [-0.4, -0.2) is 47.9 Å². The number of rotatable bonds is 5. The fraction of sp³-hybridized carbons (Fsp3) is 0.533.